The number of ketones is 1. The summed E-state index contributed by atoms with van der Waals surface area (Å²) in [5, 5.41) is 5.29. The molecule has 0 aromatic heterocycles. The predicted octanol–water partition coefficient (Wildman–Crippen LogP) is 2.78. The minimum atomic E-state index is -1.14. The molecule has 0 spiro atoms. The van der Waals surface area contributed by atoms with Gasteiger partial charge in [0.15, 0.2) is 0 Å². The van der Waals surface area contributed by atoms with Crippen LogP contribution in [-0.4, -0.2) is 60.9 Å². The molecule has 0 unspecified atom stereocenters. The third-order valence-corrected chi connectivity index (χ3v) is 7.30. The van der Waals surface area contributed by atoms with Crippen LogP contribution in [-0.2, 0) is 41.6 Å². The van der Waals surface area contributed by atoms with Crippen LogP contribution in [0, 0.1) is 0 Å². The average molecular weight is 597 g/mol. The summed E-state index contributed by atoms with van der Waals surface area (Å²) in [6, 6.07) is 23.6. The molecule has 44 heavy (non-hydrogen) atoms. The van der Waals surface area contributed by atoms with Crippen molar-refractivity contribution in [3.8, 4) is 0 Å². The van der Waals surface area contributed by atoms with Gasteiger partial charge in [0.2, 0.25) is 17.7 Å². The highest BCUT2D eigenvalue weighted by atomic mass is 16.2. The van der Waals surface area contributed by atoms with Crippen LogP contribution in [0.2, 0.25) is 0 Å². The van der Waals surface area contributed by atoms with Gasteiger partial charge in [-0.05, 0) is 43.0 Å². The van der Waals surface area contributed by atoms with Crippen LogP contribution in [0.1, 0.15) is 37.3 Å². The van der Waals surface area contributed by atoms with Crippen molar-refractivity contribution in [1.82, 2.24) is 10.6 Å². The summed E-state index contributed by atoms with van der Waals surface area (Å²) in [5.41, 5.74) is 2.69. The van der Waals surface area contributed by atoms with Gasteiger partial charge in [0, 0.05) is 19.3 Å². The van der Waals surface area contributed by atoms with Gasteiger partial charge in [-0.15, -0.1) is 0 Å². The first-order chi connectivity index (χ1) is 21.2. The number of carbonyl (C=O) groups is 6. The van der Waals surface area contributed by atoms with Gasteiger partial charge in [-0.1, -0.05) is 72.8 Å². The van der Waals surface area contributed by atoms with Gasteiger partial charge in [0.1, 0.15) is 24.7 Å². The summed E-state index contributed by atoms with van der Waals surface area (Å²) in [6.45, 7) is 0.701. The summed E-state index contributed by atoms with van der Waals surface area (Å²) in [4.78, 5) is 79.5. The lowest BCUT2D eigenvalue weighted by atomic mass is 10.1. The van der Waals surface area contributed by atoms with Gasteiger partial charge in [-0.2, -0.15) is 0 Å². The van der Waals surface area contributed by atoms with E-state index in [-0.39, 0.29) is 43.4 Å². The van der Waals surface area contributed by atoms with E-state index in [0.29, 0.717) is 30.5 Å². The number of hydrogen-bond acceptors (Lipinski definition) is 6. The molecule has 0 bridgehead atoms. The molecule has 10 nitrogen and oxygen atoms in total. The molecule has 1 aliphatic rings. The molecule has 1 aliphatic heterocycles. The number of rotatable bonds is 13. The van der Waals surface area contributed by atoms with E-state index in [4.69, 9.17) is 0 Å². The van der Waals surface area contributed by atoms with E-state index in [9.17, 15) is 28.8 Å². The number of aryl methyl sites for hydroxylation is 2. The molecule has 0 aliphatic carbocycles. The van der Waals surface area contributed by atoms with Crippen LogP contribution in [0.4, 0.5) is 11.4 Å². The zero-order valence-electron chi connectivity index (χ0n) is 24.6. The van der Waals surface area contributed by atoms with Gasteiger partial charge >= 0.3 is 0 Å². The number of nitrogens with zero attached hydrogens (tertiary/aromatic N) is 2. The Labute approximate surface area is 256 Å². The standard InChI is InChI=1S/C34H36N4O6/c1-24(40)20-27(23-39)35-32(42)22-38-30-15-9-8-14-29(30)37(33(43)19-17-26-12-6-3-7-13-26)21-28(34(38)44)36-31(41)18-16-25-10-4-2-5-11-25/h2-15,23,27-28H,16-22H2,1H3,(H,35,42)(H,36,41)/t27-,28-/m0/s1. The Kier molecular flexibility index (Phi) is 11.1. The summed E-state index contributed by atoms with van der Waals surface area (Å²) in [6.07, 6.45) is 1.52. The molecule has 1 heterocycles. The molecular weight excluding hydrogens is 560 g/mol. The van der Waals surface area contributed by atoms with Crippen molar-refractivity contribution in [2.75, 3.05) is 22.9 Å². The Balaban J connectivity index is 1.60. The monoisotopic (exact) mass is 596 g/mol. The van der Waals surface area contributed by atoms with Gasteiger partial charge in [-0.3, -0.25) is 28.9 Å². The normalized spacial score (nSPS) is 15.0. The fourth-order valence-electron chi connectivity index (χ4n) is 5.13. The highest BCUT2D eigenvalue weighted by Crippen LogP contribution is 2.33. The number of benzene rings is 3. The Hall–Kier alpha value is -5.12. The smallest absolute Gasteiger partial charge is 0.251 e. The van der Waals surface area contributed by atoms with Crippen molar-refractivity contribution in [3.63, 3.8) is 0 Å². The number of para-hydroxylation sites is 2. The van der Waals surface area contributed by atoms with Crippen molar-refractivity contribution >= 4 is 47.1 Å². The van der Waals surface area contributed by atoms with E-state index in [0.717, 1.165) is 11.1 Å². The lowest BCUT2D eigenvalue weighted by Gasteiger charge is -2.25. The number of hydrogen-bond donors (Lipinski definition) is 2. The number of Topliss-reactive ketones (excluding diaryl/α,β-unsaturated/α-hetero) is 1. The van der Waals surface area contributed by atoms with Crippen molar-refractivity contribution in [2.24, 2.45) is 0 Å². The van der Waals surface area contributed by atoms with Crippen LogP contribution in [0.25, 0.3) is 0 Å². The Morgan fingerprint density at radius 3 is 1.98 bits per heavy atom. The highest BCUT2D eigenvalue weighted by Gasteiger charge is 2.37. The lowest BCUT2D eigenvalue weighted by molar-refractivity contribution is -0.129. The highest BCUT2D eigenvalue weighted by molar-refractivity contribution is 6.10. The fourth-order valence-corrected chi connectivity index (χ4v) is 5.13. The average Bonchev–Trinajstić information content (AvgIpc) is 3.14. The molecule has 3 aromatic carbocycles. The molecule has 0 fully saturated rings. The molecule has 2 atom stereocenters. The molecule has 4 amide bonds. The summed E-state index contributed by atoms with van der Waals surface area (Å²) < 4.78 is 0. The number of anilines is 2. The second kappa shape index (κ2) is 15.4. The summed E-state index contributed by atoms with van der Waals surface area (Å²) in [5.74, 6) is -2.13. The molecule has 0 radical (unpaired) electrons. The largest absolute Gasteiger partial charge is 0.345 e. The third-order valence-electron chi connectivity index (χ3n) is 7.30. The van der Waals surface area contributed by atoms with Crippen molar-refractivity contribution in [3.05, 3.63) is 96.1 Å². The Morgan fingerprint density at radius 2 is 1.39 bits per heavy atom. The number of carbonyl (C=O) groups excluding carboxylic acids is 6. The van der Waals surface area contributed by atoms with E-state index in [1.165, 1.54) is 16.7 Å². The van der Waals surface area contributed by atoms with Gasteiger partial charge in [0.05, 0.1) is 24.0 Å². The molecular formula is C34H36N4O6. The van der Waals surface area contributed by atoms with E-state index in [2.05, 4.69) is 10.6 Å². The first kappa shape index (κ1) is 31.8. The maximum absolute atomic E-state index is 14.0. The molecule has 2 N–H and O–H groups in total. The Bertz CT molecular complexity index is 1490. The molecule has 4 rings (SSSR count). The van der Waals surface area contributed by atoms with E-state index >= 15 is 0 Å². The van der Waals surface area contributed by atoms with Crippen LogP contribution < -0.4 is 20.4 Å². The fraction of sp³-hybridized carbons (Fsp3) is 0.294. The number of amides is 4. The van der Waals surface area contributed by atoms with Gasteiger partial charge in [0.25, 0.3) is 5.91 Å². The summed E-state index contributed by atoms with van der Waals surface area (Å²) in [7, 11) is 0. The minimum absolute atomic E-state index is 0.120. The van der Waals surface area contributed by atoms with E-state index in [1.807, 2.05) is 60.7 Å². The second-order valence-electron chi connectivity index (χ2n) is 10.7. The molecule has 0 saturated heterocycles. The second-order valence-corrected chi connectivity index (χ2v) is 10.7. The third kappa shape index (κ3) is 8.70. The zero-order chi connectivity index (χ0) is 31.5. The Morgan fingerprint density at radius 1 is 0.818 bits per heavy atom. The topological polar surface area (TPSA) is 133 Å². The van der Waals surface area contributed by atoms with Crippen LogP contribution in [0.3, 0.4) is 0 Å². The maximum atomic E-state index is 14.0. The van der Waals surface area contributed by atoms with Crippen LogP contribution >= 0.6 is 0 Å². The van der Waals surface area contributed by atoms with Gasteiger partial charge < -0.3 is 20.3 Å². The van der Waals surface area contributed by atoms with Crippen molar-refractivity contribution < 1.29 is 28.8 Å². The SMILES string of the molecule is CC(=O)C[C@@H](C=O)NC(=O)CN1C(=O)[C@@H](NC(=O)CCc2ccccc2)CN(C(=O)CCc2ccccc2)c2ccccc21. The van der Waals surface area contributed by atoms with Gasteiger partial charge in [-0.25, -0.2) is 0 Å². The quantitative estimate of drug-likeness (QED) is 0.292. The van der Waals surface area contributed by atoms with Crippen molar-refractivity contribution in [1.29, 1.82) is 0 Å². The lowest BCUT2D eigenvalue weighted by Crippen LogP contribution is -2.54. The summed E-state index contributed by atoms with van der Waals surface area (Å²) >= 11 is 0. The molecule has 10 heteroatoms. The minimum Gasteiger partial charge on any atom is -0.345 e. The maximum Gasteiger partial charge on any atom is 0.251 e. The van der Waals surface area contributed by atoms with Crippen LogP contribution in [0.5, 0.6) is 0 Å². The van der Waals surface area contributed by atoms with Crippen molar-refractivity contribution in [2.45, 2.75) is 51.1 Å². The first-order valence-corrected chi connectivity index (χ1v) is 14.6. The number of nitrogens with one attached hydrogen (secondary N) is 2. The first-order valence-electron chi connectivity index (χ1n) is 14.6. The molecule has 3 aromatic rings. The molecule has 0 saturated carbocycles. The van der Waals surface area contributed by atoms with E-state index < -0.39 is 30.4 Å². The van der Waals surface area contributed by atoms with E-state index in [1.54, 1.807) is 24.3 Å². The predicted molar refractivity (Wildman–Crippen MR) is 166 cm³/mol. The zero-order valence-corrected chi connectivity index (χ0v) is 24.6. The number of fused-ring (bicyclic) bond motifs is 1. The number of aldehydes is 1. The van der Waals surface area contributed by atoms with Crippen LogP contribution in [0.15, 0.2) is 84.9 Å². The molecule has 228 valence electrons.